The number of nitrogens with zero attached hydrogens (tertiary/aromatic N) is 2. The summed E-state index contributed by atoms with van der Waals surface area (Å²) >= 11 is 1.50. The molecule has 0 N–H and O–H groups in total. The first-order chi connectivity index (χ1) is 14.0. The first kappa shape index (κ1) is 19.3. The van der Waals surface area contributed by atoms with Gasteiger partial charge in [0.15, 0.2) is 5.13 Å². The molecule has 0 saturated carbocycles. The van der Waals surface area contributed by atoms with Crippen LogP contribution in [0, 0.1) is 19.7 Å². The molecule has 4 aromatic rings. The highest BCUT2D eigenvalue weighted by Gasteiger charge is 2.22. The lowest BCUT2D eigenvalue weighted by Gasteiger charge is -2.20. The summed E-state index contributed by atoms with van der Waals surface area (Å²) in [6.07, 6.45) is -0.00651. The number of aryl methyl sites for hydroxylation is 2. The highest BCUT2D eigenvalue weighted by molar-refractivity contribution is 7.22. The van der Waals surface area contributed by atoms with Crippen molar-refractivity contribution >= 4 is 32.6 Å². The van der Waals surface area contributed by atoms with E-state index < -0.39 is 0 Å². The predicted octanol–water partition coefficient (Wildman–Crippen LogP) is 5.83. The van der Waals surface area contributed by atoms with Crippen LogP contribution in [-0.2, 0) is 17.8 Å². The predicted molar refractivity (Wildman–Crippen MR) is 117 cm³/mol. The van der Waals surface area contributed by atoms with Gasteiger partial charge in [-0.3, -0.25) is 9.69 Å². The van der Waals surface area contributed by atoms with E-state index in [9.17, 15) is 9.18 Å². The maximum Gasteiger partial charge on any atom is 0.233 e. The topological polar surface area (TPSA) is 33.2 Å². The first-order valence-corrected chi connectivity index (χ1v) is 10.3. The molecule has 0 unspecified atom stereocenters. The second-order valence-electron chi connectivity index (χ2n) is 7.16. The Morgan fingerprint density at radius 1 is 1.03 bits per heavy atom. The van der Waals surface area contributed by atoms with Crippen molar-refractivity contribution in [3.63, 3.8) is 0 Å². The standard InChI is InChI=1S/C24H21FN2OS/c1-16-12-17(2)23-21(13-16)29-24(26-23)27(15-18-8-4-3-5-9-18)22(28)14-19-10-6-7-11-20(19)25/h3-13H,14-15H2,1-2H3. The van der Waals surface area contributed by atoms with Crippen molar-refractivity contribution in [2.24, 2.45) is 0 Å². The van der Waals surface area contributed by atoms with E-state index in [2.05, 4.69) is 19.1 Å². The smallest absolute Gasteiger partial charge is 0.233 e. The fourth-order valence-corrected chi connectivity index (χ4v) is 4.56. The largest absolute Gasteiger partial charge is 0.283 e. The Bertz CT molecular complexity index is 1170. The van der Waals surface area contributed by atoms with E-state index in [1.807, 2.05) is 37.3 Å². The molecule has 0 atom stereocenters. The minimum atomic E-state index is -0.365. The monoisotopic (exact) mass is 404 g/mol. The van der Waals surface area contributed by atoms with Crippen LogP contribution in [0.4, 0.5) is 9.52 Å². The first-order valence-electron chi connectivity index (χ1n) is 9.47. The molecule has 1 aromatic heterocycles. The van der Waals surface area contributed by atoms with Gasteiger partial charge in [0.2, 0.25) is 5.91 Å². The third-order valence-electron chi connectivity index (χ3n) is 4.83. The van der Waals surface area contributed by atoms with Gasteiger partial charge in [-0.1, -0.05) is 65.9 Å². The van der Waals surface area contributed by atoms with Crippen molar-refractivity contribution in [2.45, 2.75) is 26.8 Å². The average molecular weight is 405 g/mol. The Balaban J connectivity index is 1.73. The van der Waals surface area contributed by atoms with Crippen molar-refractivity contribution < 1.29 is 9.18 Å². The Kier molecular flexibility index (Phi) is 5.41. The number of fused-ring (bicyclic) bond motifs is 1. The molecule has 3 nitrogen and oxygen atoms in total. The van der Waals surface area contributed by atoms with Gasteiger partial charge in [-0.25, -0.2) is 9.37 Å². The summed E-state index contributed by atoms with van der Waals surface area (Å²) in [5.41, 5.74) is 4.55. The van der Waals surface area contributed by atoms with E-state index >= 15 is 0 Å². The van der Waals surface area contributed by atoms with Crippen molar-refractivity contribution in [2.75, 3.05) is 4.90 Å². The third-order valence-corrected chi connectivity index (χ3v) is 5.86. The third kappa shape index (κ3) is 4.20. The minimum Gasteiger partial charge on any atom is -0.283 e. The van der Waals surface area contributed by atoms with Crippen molar-refractivity contribution in [1.29, 1.82) is 0 Å². The van der Waals surface area contributed by atoms with Crippen LogP contribution in [0.3, 0.4) is 0 Å². The Morgan fingerprint density at radius 2 is 1.76 bits per heavy atom. The molecule has 0 bridgehead atoms. The van der Waals surface area contributed by atoms with Crippen LogP contribution in [0.5, 0.6) is 0 Å². The lowest BCUT2D eigenvalue weighted by molar-refractivity contribution is -0.118. The lowest BCUT2D eigenvalue weighted by Crippen LogP contribution is -2.32. The van der Waals surface area contributed by atoms with Gasteiger partial charge < -0.3 is 0 Å². The molecule has 0 radical (unpaired) electrons. The molecule has 1 heterocycles. The van der Waals surface area contributed by atoms with E-state index in [4.69, 9.17) is 4.98 Å². The van der Waals surface area contributed by atoms with Gasteiger partial charge in [-0.15, -0.1) is 0 Å². The number of hydrogen-bond acceptors (Lipinski definition) is 3. The molecule has 0 aliphatic rings. The molecule has 0 aliphatic carbocycles. The Labute approximate surface area is 173 Å². The quantitative estimate of drug-likeness (QED) is 0.419. The van der Waals surface area contributed by atoms with Crippen molar-refractivity contribution in [3.8, 4) is 0 Å². The van der Waals surface area contributed by atoms with Crippen LogP contribution in [0.1, 0.15) is 22.3 Å². The SMILES string of the molecule is Cc1cc(C)c2nc(N(Cc3ccccc3)C(=O)Cc3ccccc3F)sc2c1. The number of hydrogen-bond donors (Lipinski definition) is 0. The van der Waals surface area contributed by atoms with E-state index in [-0.39, 0.29) is 18.1 Å². The normalized spacial score (nSPS) is 11.0. The molecule has 3 aromatic carbocycles. The van der Waals surface area contributed by atoms with Gasteiger partial charge in [-0.2, -0.15) is 0 Å². The summed E-state index contributed by atoms with van der Waals surface area (Å²) < 4.78 is 15.2. The summed E-state index contributed by atoms with van der Waals surface area (Å²) in [5, 5.41) is 0.638. The molecule has 0 spiro atoms. The number of amides is 1. The van der Waals surface area contributed by atoms with E-state index in [1.54, 1.807) is 23.1 Å². The Morgan fingerprint density at radius 3 is 2.52 bits per heavy atom. The van der Waals surface area contributed by atoms with Gasteiger partial charge in [0.1, 0.15) is 5.82 Å². The Hall–Kier alpha value is -3.05. The molecular formula is C24H21FN2OS. The summed E-state index contributed by atoms with van der Waals surface area (Å²) in [4.78, 5) is 19.7. The van der Waals surface area contributed by atoms with Crippen LogP contribution in [0.25, 0.3) is 10.2 Å². The second-order valence-corrected chi connectivity index (χ2v) is 8.17. The number of rotatable bonds is 5. The fraction of sp³-hybridized carbons (Fsp3) is 0.167. The fourth-order valence-electron chi connectivity index (χ4n) is 3.40. The molecule has 146 valence electrons. The molecule has 29 heavy (non-hydrogen) atoms. The highest BCUT2D eigenvalue weighted by Crippen LogP contribution is 2.33. The number of anilines is 1. The molecule has 1 amide bonds. The minimum absolute atomic E-state index is 0.00651. The van der Waals surface area contributed by atoms with Gasteiger partial charge >= 0.3 is 0 Å². The molecule has 5 heteroatoms. The van der Waals surface area contributed by atoms with E-state index in [0.29, 0.717) is 17.2 Å². The van der Waals surface area contributed by atoms with Crippen LogP contribution in [0.15, 0.2) is 66.7 Å². The highest BCUT2D eigenvalue weighted by atomic mass is 32.1. The number of thiazole rings is 1. The summed E-state index contributed by atoms with van der Waals surface area (Å²) in [7, 11) is 0. The molecule has 4 rings (SSSR count). The number of halogens is 1. The van der Waals surface area contributed by atoms with Crippen molar-refractivity contribution in [1.82, 2.24) is 4.98 Å². The zero-order valence-electron chi connectivity index (χ0n) is 16.4. The molecule has 0 aliphatic heterocycles. The van der Waals surface area contributed by atoms with Gasteiger partial charge in [0, 0.05) is 0 Å². The summed E-state index contributed by atoms with van der Waals surface area (Å²) in [6.45, 7) is 4.48. The van der Waals surface area contributed by atoms with Gasteiger partial charge in [0.05, 0.1) is 23.2 Å². The molecular weight excluding hydrogens is 383 g/mol. The van der Waals surface area contributed by atoms with E-state index in [1.165, 1.54) is 17.4 Å². The maximum absolute atomic E-state index is 14.1. The summed E-state index contributed by atoms with van der Waals surface area (Å²) in [5.74, 6) is -0.538. The summed E-state index contributed by atoms with van der Waals surface area (Å²) in [6, 6.07) is 20.4. The van der Waals surface area contributed by atoms with Crippen LogP contribution >= 0.6 is 11.3 Å². The van der Waals surface area contributed by atoms with E-state index in [0.717, 1.165) is 26.9 Å². The zero-order valence-corrected chi connectivity index (χ0v) is 17.2. The second kappa shape index (κ2) is 8.13. The molecule has 0 fully saturated rings. The zero-order chi connectivity index (χ0) is 20.4. The van der Waals surface area contributed by atoms with Gasteiger partial charge in [0.25, 0.3) is 0 Å². The average Bonchev–Trinajstić information content (AvgIpc) is 3.12. The number of benzene rings is 3. The molecule has 0 saturated heterocycles. The van der Waals surface area contributed by atoms with Crippen molar-refractivity contribution in [3.05, 3.63) is 94.8 Å². The van der Waals surface area contributed by atoms with Crippen LogP contribution in [0.2, 0.25) is 0 Å². The maximum atomic E-state index is 14.1. The van der Waals surface area contributed by atoms with Gasteiger partial charge in [-0.05, 0) is 48.2 Å². The number of carbonyl (C=O) groups is 1. The lowest BCUT2D eigenvalue weighted by atomic mass is 10.1. The number of carbonyl (C=O) groups excluding carboxylic acids is 1. The van der Waals surface area contributed by atoms with Crippen LogP contribution in [-0.4, -0.2) is 10.9 Å². The number of aromatic nitrogens is 1. The van der Waals surface area contributed by atoms with Crippen LogP contribution < -0.4 is 4.90 Å².